The molecule has 0 saturated carbocycles. The first-order valence-corrected chi connectivity index (χ1v) is 8.03. The van der Waals surface area contributed by atoms with E-state index in [1.165, 1.54) is 12.1 Å². The van der Waals surface area contributed by atoms with Gasteiger partial charge in [-0.05, 0) is 24.3 Å². The first kappa shape index (κ1) is 14.6. The van der Waals surface area contributed by atoms with Crippen LogP contribution in [0.1, 0.15) is 0 Å². The molecule has 5 rings (SSSR count). The number of aromatic nitrogens is 5. The van der Waals surface area contributed by atoms with Gasteiger partial charge in [0.2, 0.25) is 0 Å². The number of hydrogen-bond donors (Lipinski definition) is 2. The maximum Gasteiger partial charge on any atom is 0.180 e. The number of imidazole rings is 1. The molecular formula is C19H13FN6. The summed E-state index contributed by atoms with van der Waals surface area (Å²) < 4.78 is 15.7. The average Bonchev–Trinajstić information content (AvgIpc) is 3.29. The molecule has 4 aromatic heterocycles. The Hall–Kier alpha value is -3.74. The Labute approximate surface area is 147 Å². The zero-order valence-corrected chi connectivity index (χ0v) is 13.5. The van der Waals surface area contributed by atoms with E-state index in [4.69, 9.17) is 5.73 Å². The fourth-order valence-electron chi connectivity index (χ4n) is 3.26. The predicted octanol–water partition coefficient (Wildman–Crippen LogP) is 3.66. The SMILES string of the molecule is Nc1nc(-c2cccc(F)c2)c(-c2c[nH]c3ncccc23)n2ccnc12. The van der Waals surface area contributed by atoms with Crippen LogP contribution in [0.25, 0.3) is 39.2 Å². The second-order valence-corrected chi connectivity index (χ2v) is 5.93. The van der Waals surface area contributed by atoms with E-state index in [1.54, 1.807) is 18.5 Å². The Bertz CT molecular complexity index is 1270. The third kappa shape index (κ3) is 2.07. The van der Waals surface area contributed by atoms with E-state index in [-0.39, 0.29) is 11.6 Å². The standard InChI is InChI=1S/C19H13FN6/c20-12-4-1-3-11(9-12)15-16(26-8-7-23-19(26)17(21)25-15)14-10-24-18-13(14)5-2-6-22-18/h1-10H,(H2,21,25)(H,22,24). The van der Waals surface area contributed by atoms with E-state index < -0.39 is 0 Å². The maximum atomic E-state index is 13.8. The Kier molecular flexibility index (Phi) is 3.02. The lowest BCUT2D eigenvalue weighted by atomic mass is 10.0. The van der Waals surface area contributed by atoms with Crippen molar-refractivity contribution in [3.8, 4) is 22.5 Å². The van der Waals surface area contributed by atoms with Crippen molar-refractivity contribution in [1.82, 2.24) is 24.3 Å². The summed E-state index contributed by atoms with van der Waals surface area (Å²) in [4.78, 5) is 16.4. The number of hydrogen-bond acceptors (Lipinski definition) is 4. The summed E-state index contributed by atoms with van der Waals surface area (Å²) in [6.07, 6.45) is 7.08. The van der Waals surface area contributed by atoms with Crippen LogP contribution in [0.4, 0.5) is 10.2 Å². The van der Waals surface area contributed by atoms with Gasteiger partial charge in [0.1, 0.15) is 11.5 Å². The molecule has 0 saturated heterocycles. The fourth-order valence-corrected chi connectivity index (χ4v) is 3.26. The zero-order chi connectivity index (χ0) is 17.7. The molecule has 0 amide bonds. The largest absolute Gasteiger partial charge is 0.381 e. The van der Waals surface area contributed by atoms with Gasteiger partial charge < -0.3 is 10.7 Å². The molecule has 0 spiro atoms. The van der Waals surface area contributed by atoms with Crippen LogP contribution in [-0.4, -0.2) is 24.3 Å². The number of pyridine rings is 1. The lowest BCUT2D eigenvalue weighted by Crippen LogP contribution is -2.03. The van der Waals surface area contributed by atoms with Crippen LogP contribution < -0.4 is 5.73 Å². The predicted molar refractivity (Wildman–Crippen MR) is 97.9 cm³/mol. The molecule has 0 bridgehead atoms. The van der Waals surface area contributed by atoms with E-state index in [1.807, 2.05) is 35.0 Å². The van der Waals surface area contributed by atoms with Crippen LogP contribution in [0.15, 0.2) is 61.2 Å². The van der Waals surface area contributed by atoms with Crippen molar-refractivity contribution in [2.24, 2.45) is 0 Å². The third-order valence-electron chi connectivity index (χ3n) is 4.37. The van der Waals surface area contributed by atoms with E-state index >= 15 is 0 Å². The molecule has 1 aromatic carbocycles. The average molecular weight is 344 g/mol. The minimum Gasteiger partial charge on any atom is -0.381 e. The van der Waals surface area contributed by atoms with Crippen LogP contribution >= 0.6 is 0 Å². The summed E-state index contributed by atoms with van der Waals surface area (Å²) in [7, 11) is 0. The number of aromatic amines is 1. The molecule has 126 valence electrons. The second kappa shape index (κ2) is 5.38. The lowest BCUT2D eigenvalue weighted by Gasteiger charge is -2.13. The quantitative estimate of drug-likeness (QED) is 0.512. The third-order valence-corrected chi connectivity index (χ3v) is 4.37. The molecule has 0 radical (unpaired) electrons. The zero-order valence-electron chi connectivity index (χ0n) is 13.5. The first-order chi connectivity index (χ1) is 12.7. The van der Waals surface area contributed by atoms with Gasteiger partial charge in [-0.15, -0.1) is 0 Å². The number of H-pyrrole nitrogens is 1. The van der Waals surface area contributed by atoms with Crippen molar-refractivity contribution in [3.63, 3.8) is 0 Å². The number of benzene rings is 1. The molecule has 0 unspecified atom stereocenters. The number of anilines is 1. The highest BCUT2D eigenvalue weighted by atomic mass is 19.1. The van der Waals surface area contributed by atoms with Crippen LogP contribution in [0.5, 0.6) is 0 Å². The fraction of sp³-hybridized carbons (Fsp3) is 0. The number of nitrogens with two attached hydrogens (primary N) is 1. The summed E-state index contributed by atoms with van der Waals surface area (Å²) in [6.45, 7) is 0. The minimum absolute atomic E-state index is 0.288. The van der Waals surface area contributed by atoms with Crippen LogP contribution in [-0.2, 0) is 0 Å². The lowest BCUT2D eigenvalue weighted by molar-refractivity contribution is 0.628. The summed E-state index contributed by atoms with van der Waals surface area (Å²) in [6, 6.07) is 10.2. The molecule has 7 heteroatoms. The topological polar surface area (TPSA) is 84.9 Å². The molecule has 26 heavy (non-hydrogen) atoms. The Balaban J connectivity index is 1.93. The van der Waals surface area contributed by atoms with Gasteiger partial charge in [-0.3, -0.25) is 4.40 Å². The van der Waals surface area contributed by atoms with Crippen molar-refractivity contribution in [2.45, 2.75) is 0 Å². The first-order valence-electron chi connectivity index (χ1n) is 8.03. The number of nitrogens with zero attached hydrogens (tertiary/aromatic N) is 4. The Morgan fingerprint density at radius 2 is 2.00 bits per heavy atom. The summed E-state index contributed by atoms with van der Waals surface area (Å²) in [5.74, 6) is -0.0453. The minimum atomic E-state index is -0.333. The van der Waals surface area contributed by atoms with Gasteiger partial charge in [0.25, 0.3) is 0 Å². The summed E-state index contributed by atoms with van der Waals surface area (Å²) in [5.41, 5.74) is 10.3. The van der Waals surface area contributed by atoms with E-state index in [2.05, 4.69) is 19.9 Å². The van der Waals surface area contributed by atoms with Gasteiger partial charge in [-0.25, -0.2) is 19.3 Å². The molecule has 0 fully saturated rings. The van der Waals surface area contributed by atoms with Gasteiger partial charge in [-0.2, -0.15) is 0 Å². The van der Waals surface area contributed by atoms with Gasteiger partial charge in [0, 0.05) is 41.3 Å². The van der Waals surface area contributed by atoms with E-state index in [0.717, 1.165) is 22.3 Å². The monoisotopic (exact) mass is 344 g/mol. The summed E-state index contributed by atoms with van der Waals surface area (Å²) in [5, 5.41) is 0.937. The number of halogens is 1. The molecule has 4 heterocycles. The van der Waals surface area contributed by atoms with E-state index in [0.29, 0.717) is 16.9 Å². The van der Waals surface area contributed by atoms with Crippen LogP contribution in [0, 0.1) is 5.82 Å². The van der Waals surface area contributed by atoms with Crippen molar-refractivity contribution in [3.05, 3.63) is 67.0 Å². The second-order valence-electron chi connectivity index (χ2n) is 5.93. The Morgan fingerprint density at radius 1 is 1.08 bits per heavy atom. The number of rotatable bonds is 2. The van der Waals surface area contributed by atoms with Crippen molar-refractivity contribution in [2.75, 3.05) is 5.73 Å². The Morgan fingerprint density at radius 3 is 2.88 bits per heavy atom. The molecular weight excluding hydrogens is 331 g/mol. The molecule has 5 aromatic rings. The van der Waals surface area contributed by atoms with Gasteiger partial charge in [-0.1, -0.05) is 12.1 Å². The molecule has 0 aliphatic rings. The van der Waals surface area contributed by atoms with Crippen molar-refractivity contribution in [1.29, 1.82) is 0 Å². The van der Waals surface area contributed by atoms with Gasteiger partial charge in [0.05, 0.1) is 11.4 Å². The van der Waals surface area contributed by atoms with Crippen molar-refractivity contribution >= 4 is 22.5 Å². The smallest absolute Gasteiger partial charge is 0.180 e. The van der Waals surface area contributed by atoms with E-state index in [9.17, 15) is 4.39 Å². The van der Waals surface area contributed by atoms with Crippen LogP contribution in [0.3, 0.4) is 0 Å². The molecule has 3 N–H and O–H groups in total. The normalized spacial score (nSPS) is 11.4. The highest BCUT2D eigenvalue weighted by Gasteiger charge is 2.19. The highest BCUT2D eigenvalue weighted by molar-refractivity contribution is 5.97. The highest BCUT2D eigenvalue weighted by Crippen LogP contribution is 2.36. The summed E-state index contributed by atoms with van der Waals surface area (Å²) >= 11 is 0. The molecule has 0 atom stereocenters. The van der Waals surface area contributed by atoms with Gasteiger partial charge in [0.15, 0.2) is 11.5 Å². The van der Waals surface area contributed by atoms with Crippen LogP contribution in [0.2, 0.25) is 0 Å². The molecule has 0 aliphatic carbocycles. The molecule has 6 nitrogen and oxygen atoms in total. The van der Waals surface area contributed by atoms with Crippen molar-refractivity contribution < 1.29 is 4.39 Å². The molecule has 0 aliphatic heterocycles. The number of nitrogens with one attached hydrogen (secondary N) is 1. The number of nitrogen functional groups attached to an aromatic ring is 1. The van der Waals surface area contributed by atoms with Gasteiger partial charge >= 0.3 is 0 Å². The number of fused-ring (bicyclic) bond motifs is 2. The maximum absolute atomic E-state index is 13.8.